The summed E-state index contributed by atoms with van der Waals surface area (Å²) in [7, 11) is -3.46. The van der Waals surface area contributed by atoms with E-state index in [-0.39, 0.29) is 5.92 Å². The lowest BCUT2D eigenvalue weighted by molar-refractivity contribution is 0.270. The van der Waals surface area contributed by atoms with E-state index in [2.05, 4.69) is 16.7 Å². The van der Waals surface area contributed by atoms with Crippen LogP contribution in [-0.4, -0.2) is 36.0 Å². The van der Waals surface area contributed by atoms with Crippen molar-refractivity contribution in [3.63, 3.8) is 0 Å². The van der Waals surface area contributed by atoms with Crippen LogP contribution in [0.25, 0.3) is 6.08 Å². The summed E-state index contributed by atoms with van der Waals surface area (Å²) in [5, 5.41) is 3.80. The van der Waals surface area contributed by atoms with Gasteiger partial charge in [0.05, 0.1) is 4.90 Å². The number of nitrogens with zero attached hydrogens (tertiary/aromatic N) is 3. The number of sulfonamides is 1. The minimum absolute atomic E-state index is 0.130. The Hall–Kier alpha value is -1.99. The highest BCUT2D eigenvalue weighted by Gasteiger charge is 2.31. The van der Waals surface area contributed by atoms with Crippen molar-refractivity contribution in [2.45, 2.75) is 30.6 Å². The topological polar surface area (TPSA) is 76.3 Å². The van der Waals surface area contributed by atoms with E-state index in [1.807, 2.05) is 0 Å². The van der Waals surface area contributed by atoms with Gasteiger partial charge in [-0.05, 0) is 37.5 Å². The molecule has 0 unspecified atom stereocenters. The number of rotatable bonds is 4. The van der Waals surface area contributed by atoms with Crippen LogP contribution in [0.5, 0.6) is 0 Å². The second kappa shape index (κ2) is 6.25. The predicted molar refractivity (Wildman–Crippen MR) is 86.3 cm³/mol. The van der Waals surface area contributed by atoms with Crippen molar-refractivity contribution in [1.29, 1.82) is 0 Å². The van der Waals surface area contributed by atoms with Gasteiger partial charge in [-0.3, -0.25) is 0 Å². The first kappa shape index (κ1) is 15.9. The van der Waals surface area contributed by atoms with Crippen molar-refractivity contribution < 1.29 is 12.9 Å². The molecule has 1 aromatic carbocycles. The lowest BCUT2D eigenvalue weighted by Gasteiger charge is -2.29. The number of hydrogen-bond donors (Lipinski definition) is 0. The molecule has 7 heteroatoms. The quantitative estimate of drug-likeness (QED) is 0.859. The fourth-order valence-electron chi connectivity index (χ4n) is 2.75. The third-order valence-electron chi connectivity index (χ3n) is 4.10. The van der Waals surface area contributed by atoms with Crippen molar-refractivity contribution in [3.05, 3.63) is 48.1 Å². The van der Waals surface area contributed by atoms with Crippen LogP contribution in [0.3, 0.4) is 0 Å². The van der Waals surface area contributed by atoms with Gasteiger partial charge in [-0.1, -0.05) is 29.9 Å². The Morgan fingerprint density at radius 3 is 2.43 bits per heavy atom. The third kappa shape index (κ3) is 3.20. The third-order valence-corrected chi connectivity index (χ3v) is 6.01. The standard InChI is InChI=1S/C16H19N3O3S/c1-3-13-4-6-15(7-5-13)23(20,21)19-10-8-14(9-11-19)16-17-12(2)18-22-16/h3-7,14H,1,8-11H2,2H3. The van der Waals surface area contributed by atoms with Crippen molar-refractivity contribution in [3.8, 4) is 0 Å². The van der Waals surface area contributed by atoms with Gasteiger partial charge in [-0.2, -0.15) is 9.29 Å². The number of hydrogen-bond acceptors (Lipinski definition) is 5. The first-order valence-corrected chi connectivity index (χ1v) is 8.97. The van der Waals surface area contributed by atoms with Crippen LogP contribution >= 0.6 is 0 Å². The maximum atomic E-state index is 12.7. The monoisotopic (exact) mass is 333 g/mol. The molecule has 6 nitrogen and oxygen atoms in total. The van der Waals surface area contributed by atoms with E-state index in [0.29, 0.717) is 42.5 Å². The smallest absolute Gasteiger partial charge is 0.243 e. The molecular weight excluding hydrogens is 314 g/mol. The van der Waals surface area contributed by atoms with Gasteiger partial charge >= 0.3 is 0 Å². The van der Waals surface area contributed by atoms with E-state index < -0.39 is 10.0 Å². The molecule has 0 bridgehead atoms. The maximum absolute atomic E-state index is 12.7. The molecule has 3 rings (SSSR count). The molecule has 1 aromatic heterocycles. The summed E-state index contributed by atoms with van der Waals surface area (Å²) >= 11 is 0. The highest BCUT2D eigenvalue weighted by atomic mass is 32.2. The molecule has 1 saturated heterocycles. The van der Waals surface area contributed by atoms with Gasteiger partial charge in [0.15, 0.2) is 5.82 Å². The molecule has 0 atom stereocenters. The molecule has 0 spiro atoms. The highest BCUT2D eigenvalue weighted by Crippen LogP contribution is 2.29. The van der Waals surface area contributed by atoms with E-state index in [4.69, 9.17) is 4.52 Å². The van der Waals surface area contributed by atoms with Gasteiger partial charge < -0.3 is 4.52 Å². The van der Waals surface area contributed by atoms with E-state index >= 15 is 0 Å². The number of piperidine rings is 1. The fourth-order valence-corrected chi connectivity index (χ4v) is 4.22. The molecule has 0 N–H and O–H groups in total. The second-order valence-electron chi connectivity index (χ2n) is 5.63. The van der Waals surface area contributed by atoms with Crippen LogP contribution in [0.2, 0.25) is 0 Å². The summed E-state index contributed by atoms with van der Waals surface area (Å²) in [6.07, 6.45) is 3.06. The summed E-state index contributed by atoms with van der Waals surface area (Å²) < 4.78 is 32.1. The second-order valence-corrected chi connectivity index (χ2v) is 7.57. The molecular formula is C16H19N3O3S. The minimum Gasteiger partial charge on any atom is -0.339 e. The van der Waals surface area contributed by atoms with Crippen LogP contribution in [0.15, 0.2) is 40.3 Å². The zero-order chi connectivity index (χ0) is 16.4. The molecule has 1 aliphatic rings. The van der Waals surface area contributed by atoms with E-state index in [9.17, 15) is 8.42 Å². The molecule has 0 aliphatic carbocycles. The molecule has 23 heavy (non-hydrogen) atoms. The van der Waals surface area contributed by atoms with Crippen LogP contribution in [0, 0.1) is 6.92 Å². The largest absolute Gasteiger partial charge is 0.339 e. The average molecular weight is 333 g/mol. The summed E-state index contributed by atoms with van der Waals surface area (Å²) in [5.41, 5.74) is 0.898. The van der Waals surface area contributed by atoms with E-state index in [1.54, 1.807) is 37.3 Å². The number of aromatic nitrogens is 2. The van der Waals surface area contributed by atoms with Crippen LogP contribution in [-0.2, 0) is 10.0 Å². The molecule has 2 aromatic rings. The Labute approximate surface area is 135 Å². The van der Waals surface area contributed by atoms with Gasteiger partial charge in [0, 0.05) is 19.0 Å². The summed E-state index contributed by atoms with van der Waals surface area (Å²) in [6.45, 7) is 6.36. The van der Waals surface area contributed by atoms with E-state index in [0.717, 1.165) is 5.56 Å². The maximum Gasteiger partial charge on any atom is 0.243 e. The Morgan fingerprint density at radius 2 is 1.91 bits per heavy atom. The lowest BCUT2D eigenvalue weighted by Crippen LogP contribution is -2.37. The minimum atomic E-state index is -3.46. The zero-order valence-electron chi connectivity index (χ0n) is 13.0. The SMILES string of the molecule is C=Cc1ccc(S(=O)(=O)N2CCC(c3nc(C)no3)CC2)cc1. The van der Waals surface area contributed by atoms with Gasteiger partial charge in [0.25, 0.3) is 0 Å². The molecule has 0 saturated carbocycles. The van der Waals surface area contributed by atoms with Crippen molar-refractivity contribution in [2.75, 3.05) is 13.1 Å². The Morgan fingerprint density at radius 1 is 1.26 bits per heavy atom. The summed E-state index contributed by atoms with van der Waals surface area (Å²) in [6, 6.07) is 6.77. The van der Waals surface area contributed by atoms with Crippen molar-refractivity contribution >= 4 is 16.1 Å². The fraction of sp³-hybridized carbons (Fsp3) is 0.375. The first-order valence-electron chi connectivity index (χ1n) is 7.53. The van der Waals surface area contributed by atoms with Crippen molar-refractivity contribution in [2.24, 2.45) is 0 Å². The molecule has 1 aliphatic heterocycles. The number of benzene rings is 1. The molecule has 0 amide bonds. The average Bonchev–Trinajstić information content (AvgIpc) is 3.01. The van der Waals surface area contributed by atoms with Gasteiger partial charge in [-0.25, -0.2) is 8.42 Å². The Bertz CT molecular complexity index is 788. The summed E-state index contributed by atoms with van der Waals surface area (Å²) in [5.74, 6) is 1.35. The number of aryl methyl sites for hydroxylation is 1. The van der Waals surface area contributed by atoms with Crippen LogP contribution < -0.4 is 0 Å². The zero-order valence-corrected chi connectivity index (χ0v) is 13.8. The van der Waals surface area contributed by atoms with Gasteiger partial charge in [0.1, 0.15) is 0 Å². The van der Waals surface area contributed by atoms with Crippen LogP contribution in [0.4, 0.5) is 0 Å². The Balaban J connectivity index is 1.71. The molecule has 2 heterocycles. The lowest BCUT2D eigenvalue weighted by atomic mass is 9.98. The molecule has 1 fully saturated rings. The summed E-state index contributed by atoms with van der Waals surface area (Å²) in [4.78, 5) is 4.56. The predicted octanol–water partition coefficient (Wildman–Crippen LogP) is 2.59. The van der Waals surface area contributed by atoms with Crippen molar-refractivity contribution in [1.82, 2.24) is 14.4 Å². The normalized spacial score (nSPS) is 17.3. The molecule has 122 valence electrons. The first-order chi connectivity index (χ1) is 11.0. The molecule has 0 radical (unpaired) electrons. The van der Waals surface area contributed by atoms with Crippen LogP contribution in [0.1, 0.15) is 36.0 Å². The van der Waals surface area contributed by atoms with Gasteiger partial charge in [-0.15, -0.1) is 0 Å². The highest BCUT2D eigenvalue weighted by molar-refractivity contribution is 7.89. The Kier molecular flexibility index (Phi) is 4.32. The van der Waals surface area contributed by atoms with E-state index in [1.165, 1.54) is 4.31 Å². The van der Waals surface area contributed by atoms with Gasteiger partial charge in [0.2, 0.25) is 15.9 Å².